The second kappa shape index (κ2) is 5.48. The molecular formula is C14H18FNO2. The van der Waals surface area contributed by atoms with E-state index in [0.717, 1.165) is 18.5 Å². The van der Waals surface area contributed by atoms with E-state index in [4.69, 9.17) is 5.11 Å². The van der Waals surface area contributed by atoms with Crippen LogP contribution in [0.5, 0.6) is 0 Å². The molecule has 4 heteroatoms. The Bertz CT molecular complexity index is 447. The molecule has 0 aliphatic carbocycles. The average Bonchev–Trinajstić information content (AvgIpc) is 2.76. The Labute approximate surface area is 106 Å². The third-order valence-corrected chi connectivity index (χ3v) is 3.62. The molecule has 0 amide bonds. The summed E-state index contributed by atoms with van der Waals surface area (Å²) < 4.78 is 13.6. The van der Waals surface area contributed by atoms with Gasteiger partial charge in [-0.15, -0.1) is 0 Å². The predicted octanol–water partition coefficient (Wildman–Crippen LogP) is 2.90. The standard InChI is InChI=1S/C14H18FNO2/c1-2-11-4-3-7-16(11)9-10-5-6-12(14(17)18)13(15)8-10/h5-6,8,11H,2-4,7,9H2,1H3,(H,17,18). The Morgan fingerprint density at radius 3 is 2.94 bits per heavy atom. The largest absolute Gasteiger partial charge is 0.478 e. The van der Waals surface area contributed by atoms with Gasteiger partial charge >= 0.3 is 5.97 Å². The number of benzene rings is 1. The molecule has 0 bridgehead atoms. The molecule has 1 aliphatic heterocycles. The van der Waals surface area contributed by atoms with E-state index in [1.807, 2.05) is 0 Å². The summed E-state index contributed by atoms with van der Waals surface area (Å²) in [6.45, 7) is 3.91. The lowest BCUT2D eigenvalue weighted by atomic mass is 10.1. The average molecular weight is 251 g/mol. The maximum Gasteiger partial charge on any atom is 0.338 e. The Balaban J connectivity index is 2.10. The van der Waals surface area contributed by atoms with Crippen LogP contribution in [-0.2, 0) is 6.54 Å². The van der Waals surface area contributed by atoms with Crippen LogP contribution in [0.1, 0.15) is 42.1 Å². The molecular weight excluding hydrogens is 233 g/mol. The minimum absolute atomic E-state index is 0.257. The molecule has 1 aromatic carbocycles. The third kappa shape index (κ3) is 2.70. The Morgan fingerprint density at radius 1 is 1.56 bits per heavy atom. The topological polar surface area (TPSA) is 40.5 Å². The van der Waals surface area contributed by atoms with Gasteiger partial charge in [0.1, 0.15) is 5.82 Å². The number of likely N-dealkylation sites (tertiary alicyclic amines) is 1. The van der Waals surface area contributed by atoms with Gasteiger partial charge in [-0.3, -0.25) is 4.90 Å². The zero-order valence-electron chi connectivity index (χ0n) is 10.5. The molecule has 2 rings (SSSR count). The number of nitrogens with zero attached hydrogens (tertiary/aromatic N) is 1. The van der Waals surface area contributed by atoms with Crippen molar-refractivity contribution in [2.24, 2.45) is 0 Å². The fraction of sp³-hybridized carbons (Fsp3) is 0.500. The van der Waals surface area contributed by atoms with Crippen molar-refractivity contribution in [3.05, 3.63) is 35.1 Å². The van der Waals surface area contributed by atoms with Gasteiger partial charge in [0, 0.05) is 12.6 Å². The normalized spacial score (nSPS) is 20.2. The number of hydrogen-bond acceptors (Lipinski definition) is 2. The van der Waals surface area contributed by atoms with Crippen molar-refractivity contribution in [3.63, 3.8) is 0 Å². The van der Waals surface area contributed by atoms with E-state index in [2.05, 4.69) is 11.8 Å². The summed E-state index contributed by atoms with van der Waals surface area (Å²) in [7, 11) is 0. The minimum Gasteiger partial charge on any atom is -0.478 e. The summed E-state index contributed by atoms with van der Waals surface area (Å²) in [5, 5.41) is 8.77. The monoisotopic (exact) mass is 251 g/mol. The lowest BCUT2D eigenvalue weighted by molar-refractivity contribution is 0.0692. The number of rotatable bonds is 4. The molecule has 18 heavy (non-hydrogen) atoms. The zero-order valence-corrected chi connectivity index (χ0v) is 10.5. The van der Waals surface area contributed by atoms with Gasteiger partial charge in [-0.05, 0) is 43.5 Å². The molecule has 0 aromatic heterocycles. The number of carboxylic acids is 1. The number of carbonyl (C=O) groups is 1. The first-order valence-electron chi connectivity index (χ1n) is 6.37. The highest BCUT2D eigenvalue weighted by atomic mass is 19.1. The van der Waals surface area contributed by atoms with Crippen molar-refractivity contribution in [3.8, 4) is 0 Å². The highest BCUT2D eigenvalue weighted by Crippen LogP contribution is 2.22. The third-order valence-electron chi connectivity index (χ3n) is 3.62. The second-order valence-corrected chi connectivity index (χ2v) is 4.79. The molecule has 1 unspecified atom stereocenters. The van der Waals surface area contributed by atoms with Crippen LogP contribution in [0.25, 0.3) is 0 Å². The molecule has 1 atom stereocenters. The molecule has 1 fully saturated rings. The van der Waals surface area contributed by atoms with Crippen LogP contribution >= 0.6 is 0 Å². The smallest absolute Gasteiger partial charge is 0.338 e. The van der Waals surface area contributed by atoms with Crippen LogP contribution < -0.4 is 0 Å². The highest BCUT2D eigenvalue weighted by Gasteiger charge is 2.23. The number of halogens is 1. The van der Waals surface area contributed by atoms with Crippen molar-refractivity contribution < 1.29 is 14.3 Å². The van der Waals surface area contributed by atoms with Gasteiger partial charge in [-0.2, -0.15) is 0 Å². The highest BCUT2D eigenvalue weighted by molar-refractivity contribution is 5.87. The summed E-state index contributed by atoms with van der Waals surface area (Å²) in [4.78, 5) is 13.1. The molecule has 1 aromatic rings. The molecule has 0 radical (unpaired) electrons. The van der Waals surface area contributed by atoms with Gasteiger partial charge in [0.05, 0.1) is 5.56 Å². The van der Waals surface area contributed by atoms with E-state index in [0.29, 0.717) is 12.6 Å². The second-order valence-electron chi connectivity index (χ2n) is 4.79. The SMILES string of the molecule is CCC1CCCN1Cc1ccc(C(=O)O)c(F)c1. The number of aromatic carboxylic acids is 1. The van der Waals surface area contributed by atoms with Gasteiger partial charge in [-0.25, -0.2) is 9.18 Å². The number of carboxylic acid groups (broad SMARTS) is 1. The summed E-state index contributed by atoms with van der Waals surface area (Å²) in [6, 6.07) is 4.98. The van der Waals surface area contributed by atoms with Gasteiger partial charge in [0.2, 0.25) is 0 Å². The van der Waals surface area contributed by atoms with E-state index in [9.17, 15) is 9.18 Å². The summed E-state index contributed by atoms with van der Waals surface area (Å²) >= 11 is 0. The van der Waals surface area contributed by atoms with Crippen molar-refractivity contribution in [2.75, 3.05) is 6.54 Å². The molecule has 98 valence electrons. The van der Waals surface area contributed by atoms with Crippen LogP contribution in [0.3, 0.4) is 0 Å². The Hall–Kier alpha value is -1.42. The lowest BCUT2D eigenvalue weighted by Gasteiger charge is -2.23. The van der Waals surface area contributed by atoms with Gasteiger partial charge < -0.3 is 5.11 Å². The first-order valence-corrected chi connectivity index (χ1v) is 6.37. The van der Waals surface area contributed by atoms with Crippen molar-refractivity contribution >= 4 is 5.97 Å². The van der Waals surface area contributed by atoms with E-state index in [1.54, 1.807) is 6.07 Å². The quantitative estimate of drug-likeness (QED) is 0.894. The van der Waals surface area contributed by atoms with Gasteiger partial charge in [-0.1, -0.05) is 13.0 Å². The zero-order chi connectivity index (χ0) is 13.1. The van der Waals surface area contributed by atoms with Crippen LogP contribution in [0, 0.1) is 5.82 Å². The molecule has 1 heterocycles. The Morgan fingerprint density at radius 2 is 2.33 bits per heavy atom. The van der Waals surface area contributed by atoms with Crippen molar-refractivity contribution in [1.82, 2.24) is 4.90 Å². The summed E-state index contributed by atoms with van der Waals surface area (Å²) in [5.41, 5.74) is 0.588. The first-order chi connectivity index (χ1) is 8.61. The van der Waals surface area contributed by atoms with Crippen molar-refractivity contribution in [2.45, 2.75) is 38.8 Å². The molecule has 0 spiro atoms. The van der Waals surface area contributed by atoms with E-state index < -0.39 is 11.8 Å². The first kappa shape index (κ1) is 13.0. The van der Waals surface area contributed by atoms with Crippen LogP contribution in [0.2, 0.25) is 0 Å². The van der Waals surface area contributed by atoms with Crippen molar-refractivity contribution in [1.29, 1.82) is 0 Å². The van der Waals surface area contributed by atoms with Crippen LogP contribution in [0.4, 0.5) is 4.39 Å². The van der Waals surface area contributed by atoms with Gasteiger partial charge in [0.15, 0.2) is 0 Å². The minimum atomic E-state index is -1.22. The fourth-order valence-electron chi connectivity index (χ4n) is 2.63. The summed E-state index contributed by atoms with van der Waals surface area (Å²) in [5.74, 6) is -1.86. The maximum atomic E-state index is 13.6. The van der Waals surface area contributed by atoms with E-state index >= 15 is 0 Å². The van der Waals surface area contributed by atoms with Gasteiger partial charge in [0.25, 0.3) is 0 Å². The molecule has 1 N–H and O–H groups in total. The van der Waals surface area contributed by atoms with Crippen LogP contribution in [-0.4, -0.2) is 28.6 Å². The molecule has 1 saturated heterocycles. The van der Waals surface area contributed by atoms with E-state index in [1.165, 1.54) is 25.0 Å². The Kier molecular flexibility index (Phi) is 3.97. The van der Waals surface area contributed by atoms with Crippen LogP contribution in [0.15, 0.2) is 18.2 Å². The lowest BCUT2D eigenvalue weighted by Crippen LogP contribution is -2.28. The molecule has 3 nitrogen and oxygen atoms in total. The predicted molar refractivity (Wildman–Crippen MR) is 67.1 cm³/mol. The van der Waals surface area contributed by atoms with E-state index in [-0.39, 0.29) is 5.56 Å². The molecule has 0 saturated carbocycles. The maximum absolute atomic E-state index is 13.6. The fourth-order valence-corrected chi connectivity index (χ4v) is 2.63. The summed E-state index contributed by atoms with van der Waals surface area (Å²) in [6.07, 6.45) is 3.50. The molecule has 1 aliphatic rings. The number of hydrogen-bond donors (Lipinski definition) is 1.